The molecule has 0 spiro atoms. The van der Waals surface area contributed by atoms with Gasteiger partial charge in [0.05, 0.1) is 29.8 Å². The number of nitrogens with zero attached hydrogens (tertiary/aromatic N) is 3. The van der Waals surface area contributed by atoms with Crippen molar-refractivity contribution < 1.29 is 14.3 Å². The monoisotopic (exact) mass is 555 g/mol. The molecule has 8 nitrogen and oxygen atoms in total. The second-order valence-corrected chi connectivity index (χ2v) is 9.75. The van der Waals surface area contributed by atoms with Gasteiger partial charge in [0.1, 0.15) is 31.1 Å². The van der Waals surface area contributed by atoms with E-state index in [0.717, 1.165) is 34.3 Å². The highest BCUT2D eigenvalue weighted by molar-refractivity contribution is 6.32. The van der Waals surface area contributed by atoms with Gasteiger partial charge in [0.15, 0.2) is 5.71 Å². The van der Waals surface area contributed by atoms with Crippen molar-refractivity contribution in [3.8, 4) is 17.6 Å². The lowest BCUT2D eigenvalue weighted by atomic mass is 10.1. The molecule has 0 amide bonds. The van der Waals surface area contributed by atoms with E-state index >= 15 is 0 Å². The molecule has 2 N–H and O–H groups in total. The number of benzene rings is 3. The van der Waals surface area contributed by atoms with Gasteiger partial charge in [0, 0.05) is 23.2 Å². The van der Waals surface area contributed by atoms with E-state index in [1.807, 2.05) is 48.5 Å². The van der Waals surface area contributed by atoms with Crippen LogP contribution in [0.15, 0.2) is 72.1 Å². The zero-order valence-corrected chi connectivity index (χ0v) is 23.2. The molecular weight excluding hydrogens is 526 g/mol. The minimum atomic E-state index is 0.0975. The van der Waals surface area contributed by atoms with Crippen LogP contribution in [-0.4, -0.2) is 48.1 Å². The van der Waals surface area contributed by atoms with Crippen LogP contribution in [0.3, 0.4) is 0 Å². The second-order valence-electron chi connectivity index (χ2n) is 9.34. The minimum absolute atomic E-state index is 0.0975. The van der Waals surface area contributed by atoms with Crippen molar-refractivity contribution in [2.75, 3.05) is 31.7 Å². The first-order chi connectivity index (χ1) is 19.6. The summed E-state index contributed by atoms with van der Waals surface area (Å²) >= 11 is 6.56. The molecule has 0 aliphatic carbocycles. The average molecular weight is 556 g/mol. The zero-order chi connectivity index (χ0) is 27.7. The molecule has 204 valence electrons. The van der Waals surface area contributed by atoms with Crippen molar-refractivity contribution in [3.63, 3.8) is 0 Å². The summed E-state index contributed by atoms with van der Waals surface area (Å²) in [6, 6.07) is 19.6. The number of oxime groups is 1. The number of halogens is 1. The van der Waals surface area contributed by atoms with Crippen molar-refractivity contribution in [3.05, 3.63) is 88.7 Å². The Labute approximate surface area is 238 Å². The Morgan fingerprint density at radius 3 is 2.90 bits per heavy atom. The number of anilines is 2. The van der Waals surface area contributed by atoms with E-state index < -0.39 is 0 Å². The fourth-order valence-corrected chi connectivity index (χ4v) is 4.52. The number of ether oxygens (including phenoxy) is 2. The number of fused-ring (bicyclic) bond motifs is 1. The topological polar surface area (TPSA) is 89.9 Å². The molecule has 1 fully saturated rings. The molecule has 0 saturated carbocycles. The van der Waals surface area contributed by atoms with Gasteiger partial charge >= 0.3 is 0 Å². The number of hydrogen-bond donors (Lipinski definition) is 2. The molecule has 9 heteroatoms. The number of hydrogen-bond acceptors (Lipinski definition) is 8. The van der Waals surface area contributed by atoms with E-state index in [-0.39, 0.29) is 6.04 Å². The van der Waals surface area contributed by atoms with Gasteiger partial charge in [-0.05, 0) is 61.7 Å². The van der Waals surface area contributed by atoms with Gasteiger partial charge in [-0.25, -0.2) is 9.97 Å². The Hall–Kier alpha value is -4.16. The summed E-state index contributed by atoms with van der Waals surface area (Å²) in [4.78, 5) is 14.5. The SMILES string of the molecule is CC#C/C(=N/OC[C@H]1COCCN1)c1ccc2ncnc(Nc3ccc(OCc4cccc(C)c4)c(Cl)c3)c2c1. The third-order valence-electron chi connectivity index (χ3n) is 6.25. The lowest BCUT2D eigenvalue weighted by molar-refractivity contribution is 0.0312. The molecule has 1 aliphatic rings. The van der Waals surface area contributed by atoms with Crippen LogP contribution in [0, 0.1) is 18.8 Å². The summed E-state index contributed by atoms with van der Waals surface area (Å²) in [5.41, 5.74) is 5.14. The van der Waals surface area contributed by atoms with E-state index in [0.29, 0.717) is 48.7 Å². The van der Waals surface area contributed by atoms with Crippen LogP contribution in [0.1, 0.15) is 23.6 Å². The highest BCUT2D eigenvalue weighted by atomic mass is 35.5. The predicted molar refractivity (Wildman–Crippen MR) is 158 cm³/mol. The molecule has 1 atom stereocenters. The zero-order valence-electron chi connectivity index (χ0n) is 22.4. The first-order valence-electron chi connectivity index (χ1n) is 13.0. The van der Waals surface area contributed by atoms with Gasteiger partial charge in [-0.1, -0.05) is 52.5 Å². The van der Waals surface area contributed by atoms with E-state index in [9.17, 15) is 0 Å². The molecule has 0 radical (unpaired) electrons. The Kier molecular flexibility index (Phi) is 9.09. The Morgan fingerprint density at radius 2 is 2.10 bits per heavy atom. The van der Waals surface area contributed by atoms with Crippen molar-refractivity contribution in [1.29, 1.82) is 0 Å². The maximum atomic E-state index is 6.56. The highest BCUT2D eigenvalue weighted by Crippen LogP contribution is 2.31. The molecular formula is C31H30ClN5O3. The molecule has 3 aromatic carbocycles. The second kappa shape index (κ2) is 13.3. The Bertz CT molecular complexity index is 1570. The van der Waals surface area contributed by atoms with Crippen LogP contribution >= 0.6 is 11.6 Å². The summed E-state index contributed by atoms with van der Waals surface area (Å²) < 4.78 is 11.4. The Morgan fingerprint density at radius 1 is 1.18 bits per heavy atom. The number of aryl methyl sites for hydroxylation is 1. The fourth-order valence-electron chi connectivity index (χ4n) is 4.28. The standard InChI is InChI=1S/C31H30ClN5O3/c1-3-5-28(37-40-19-25-18-38-13-12-33-25)23-8-10-29-26(15-23)31(35-20-34-29)36-24-9-11-30(27(32)16-24)39-17-22-7-4-6-21(2)14-22/h4,6-11,14-16,20,25,33H,12-13,17-19H2,1-2H3,(H,34,35,36)/b37-28-/t25-/m1/s1. The normalized spacial score (nSPS) is 15.3. The van der Waals surface area contributed by atoms with E-state index in [1.165, 1.54) is 11.9 Å². The largest absolute Gasteiger partial charge is 0.487 e. The molecule has 1 aromatic heterocycles. The smallest absolute Gasteiger partial charge is 0.159 e. The first kappa shape index (κ1) is 27.4. The molecule has 4 aromatic rings. The van der Waals surface area contributed by atoms with Crippen LogP contribution in [0.2, 0.25) is 5.02 Å². The van der Waals surface area contributed by atoms with Gasteiger partial charge in [0.25, 0.3) is 0 Å². The summed E-state index contributed by atoms with van der Waals surface area (Å²) in [6.45, 7) is 6.75. The fraction of sp³-hybridized carbons (Fsp3) is 0.258. The molecule has 1 saturated heterocycles. The van der Waals surface area contributed by atoms with Crippen LogP contribution in [0.4, 0.5) is 11.5 Å². The molecule has 2 heterocycles. The van der Waals surface area contributed by atoms with E-state index in [2.05, 4.69) is 56.7 Å². The summed E-state index contributed by atoms with van der Waals surface area (Å²) in [5.74, 6) is 7.20. The van der Waals surface area contributed by atoms with Crippen LogP contribution in [0.25, 0.3) is 10.9 Å². The quantitative estimate of drug-likeness (QED) is 0.157. The highest BCUT2D eigenvalue weighted by Gasteiger charge is 2.14. The summed E-state index contributed by atoms with van der Waals surface area (Å²) in [5, 5.41) is 12.3. The molecule has 5 rings (SSSR count). The number of rotatable bonds is 9. The van der Waals surface area contributed by atoms with Crippen LogP contribution in [0.5, 0.6) is 5.75 Å². The third-order valence-corrected chi connectivity index (χ3v) is 6.55. The number of morpholine rings is 1. The van der Waals surface area contributed by atoms with Gasteiger partial charge in [0.2, 0.25) is 0 Å². The maximum absolute atomic E-state index is 6.56. The minimum Gasteiger partial charge on any atom is -0.487 e. The first-order valence-corrected chi connectivity index (χ1v) is 13.4. The van der Waals surface area contributed by atoms with Crippen LogP contribution < -0.4 is 15.4 Å². The van der Waals surface area contributed by atoms with Gasteiger partial charge in [-0.3, -0.25) is 0 Å². The van der Waals surface area contributed by atoms with Crippen molar-refractivity contribution in [2.24, 2.45) is 5.16 Å². The van der Waals surface area contributed by atoms with Gasteiger partial charge < -0.3 is 24.9 Å². The molecule has 40 heavy (non-hydrogen) atoms. The van der Waals surface area contributed by atoms with Gasteiger partial charge in [-0.15, -0.1) is 0 Å². The van der Waals surface area contributed by atoms with Crippen molar-refractivity contribution in [1.82, 2.24) is 15.3 Å². The third kappa shape index (κ3) is 7.07. The van der Waals surface area contributed by atoms with Crippen molar-refractivity contribution >= 4 is 39.7 Å². The predicted octanol–water partition coefficient (Wildman–Crippen LogP) is 5.65. The maximum Gasteiger partial charge on any atom is 0.159 e. The molecule has 0 bridgehead atoms. The Balaban J connectivity index is 1.33. The van der Waals surface area contributed by atoms with Gasteiger partial charge in [-0.2, -0.15) is 0 Å². The molecule has 1 aliphatic heterocycles. The van der Waals surface area contributed by atoms with Crippen LogP contribution in [-0.2, 0) is 16.2 Å². The van der Waals surface area contributed by atoms with E-state index in [4.69, 9.17) is 25.9 Å². The number of nitrogens with one attached hydrogen (secondary N) is 2. The lowest BCUT2D eigenvalue weighted by Crippen LogP contribution is -2.43. The summed E-state index contributed by atoms with van der Waals surface area (Å²) in [6.07, 6.45) is 1.52. The number of aromatic nitrogens is 2. The molecule has 0 unspecified atom stereocenters. The van der Waals surface area contributed by atoms with Crippen molar-refractivity contribution in [2.45, 2.75) is 26.5 Å². The summed E-state index contributed by atoms with van der Waals surface area (Å²) in [7, 11) is 0. The lowest BCUT2D eigenvalue weighted by Gasteiger charge is -2.22. The van der Waals surface area contributed by atoms with E-state index in [1.54, 1.807) is 6.92 Å². The average Bonchev–Trinajstić information content (AvgIpc) is 2.97.